The number of rotatable bonds is 28. The first-order chi connectivity index (χ1) is 32.3. The van der Waals surface area contributed by atoms with Crippen molar-refractivity contribution in [3.63, 3.8) is 0 Å². The van der Waals surface area contributed by atoms with Gasteiger partial charge in [-0.05, 0) is 39.5 Å². The molecule has 15 unspecified atom stereocenters. The summed E-state index contributed by atoms with van der Waals surface area (Å²) >= 11 is 0. The van der Waals surface area contributed by atoms with Crippen molar-refractivity contribution in [1.29, 1.82) is 0 Å². The molecule has 2 fully saturated rings. The zero-order valence-electron chi connectivity index (χ0n) is 38.4. The van der Waals surface area contributed by atoms with Crippen LogP contribution in [0.4, 0.5) is 0 Å². The number of unbranched alkanes of at least 4 members (excludes halogenated alkanes) is 1. The molecular weight excluding hydrogens is 928 g/mol. The molecule has 2 aliphatic heterocycles. The number of carbonyl (C=O) groups excluding carboxylic acids is 9. The zero-order chi connectivity index (χ0) is 52.3. The van der Waals surface area contributed by atoms with E-state index in [-0.39, 0.29) is 32.2 Å². The van der Waals surface area contributed by atoms with E-state index >= 15 is 0 Å². The maximum Gasteiger partial charge on any atom is 0.322 e. The van der Waals surface area contributed by atoms with E-state index in [1.54, 1.807) is 0 Å². The third-order valence-corrected chi connectivity index (χ3v) is 10.6. The van der Waals surface area contributed by atoms with Crippen LogP contribution in [0.5, 0.6) is 0 Å². The Hall–Kier alpha value is -5.70. The fourth-order valence-electron chi connectivity index (χ4n) is 6.97. The van der Waals surface area contributed by atoms with Crippen LogP contribution in [-0.2, 0) is 66.9 Å². The molecule has 2 heterocycles. The lowest BCUT2D eigenvalue weighted by molar-refractivity contribution is -0.333. The summed E-state index contributed by atoms with van der Waals surface area (Å²) in [7, 11) is 0. The average Bonchev–Trinajstić information content (AvgIpc) is 3.27. The molecule has 0 spiro atoms. The fourth-order valence-corrected chi connectivity index (χ4v) is 6.97. The molecule has 30 heteroatoms. The summed E-state index contributed by atoms with van der Waals surface area (Å²) in [6.45, 7) is 2.17. The number of carbonyl (C=O) groups is 10. The number of ether oxygens (including phenoxy) is 4. The van der Waals surface area contributed by atoms with Crippen molar-refractivity contribution in [1.82, 2.24) is 37.2 Å². The minimum atomic E-state index is -1.90. The van der Waals surface area contributed by atoms with Gasteiger partial charge in [-0.25, -0.2) is 0 Å². The largest absolute Gasteiger partial charge is 0.480 e. The molecule has 392 valence electrons. The van der Waals surface area contributed by atoms with Crippen LogP contribution < -0.4 is 54.4 Å². The number of aliphatic hydroxyl groups is 5. The number of carboxylic acid groups (broad SMARTS) is 1. The Morgan fingerprint density at radius 3 is 1.87 bits per heavy atom. The molecule has 15 atom stereocenters. The Kier molecular flexibility index (Phi) is 24.7. The Labute approximate surface area is 394 Å². The molecule has 0 bridgehead atoms. The van der Waals surface area contributed by atoms with Crippen molar-refractivity contribution in [2.24, 2.45) is 17.2 Å². The number of hydrogen-bond donors (Lipinski definition) is 16. The second-order valence-electron chi connectivity index (χ2n) is 16.3. The Morgan fingerprint density at radius 1 is 0.681 bits per heavy atom. The normalized spacial score (nSPS) is 26.6. The van der Waals surface area contributed by atoms with Gasteiger partial charge in [-0.3, -0.25) is 47.9 Å². The van der Waals surface area contributed by atoms with Crippen molar-refractivity contribution in [3.8, 4) is 0 Å². The second-order valence-corrected chi connectivity index (χ2v) is 16.3. The van der Waals surface area contributed by atoms with Gasteiger partial charge in [-0.2, -0.15) is 0 Å². The molecule has 2 aliphatic rings. The minimum Gasteiger partial charge on any atom is -0.480 e. The number of nitrogens with two attached hydrogens (primary N) is 3. The molecule has 2 rings (SSSR count). The highest BCUT2D eigenvalue weighted by atomic mass is 16.7. The van der Waals surface area contributed by atoms with Crippen LogP contribution in [0, 0.1) is 0 Å². The van der Waals surface area contributed by atoms with E-state index in [2.05, 4.69) is 37.2 Å². The van der Waals surface area contributed by atoms with Crippen molar-refractivity contribution >= 4 is 59.1 Å². The predicted molar refractivity (Wildman–Crippen MR) is 229 cm³/mol. The van der Waals surface area contributed by atoms with Crippen LogP contribution in [-0.4, -0.2) is 208 Å². The highest BCUT2D eigenvalue weighted by Crippen LogP contribution is 2.31. The average molecular weight is 995 g/mol. The van der Waals surface area contributed by atoms with Crippen LogP contribution >= 0.6 is 0 Å². The van der Waals surface area contributed by atoms with Gasteiger partial charge < -0.3 is 104 Å². The predicted octanol–water partition coefficient (Wildman–Crippen LogP) is -9.27. The van der Waals surface area contributed by atoms with Crippen LogP contribution in [0.1, 0.15) is 66.2 Å². The van der Waals surface area contributed by atoms with Gasteiger partial charge in [0.25, 0.3) is 0 Å². The number of nitrogens with one attached hydrogen (secondary N) is 7. The lowest BCUT2D eigenvalue weighted by Crippen LogP contribution is -2.70. The number of aliphatic carboxylic acids is 1. The van der Waals surface area contributed by atoms with E-state index in [1.807, 2.05) is 0 Å². The zero-order valence-corrected chi connectivity index (χ0v) is 38.4. The Bertz CT molecular complexity index is 1810. The Balaban J connectivity index is 2.15. The molecule has 19 N–H and O–H groups in total. The number of primary amides is 2. The van der Waals surface area contributed by atoms with E-state index in [0.29, 0.717) is 0 Å². The molecule has 0 aromatic heterocycles. The van der Waals surface area contributed by atoms with Crippen molar-refractivity contribution in [2.45, 2.75) is 158 Å². The molecule has 30 nitrogen and oxygen atoms in total. The number of carboxylic acids is 1. The molecule has 0 aliphatic carbocycles. The molecule has 69 heavy (non-hydrogen) atoms. The maximum atomic E-state index is 13.5. The monoisotopic (exact) mass is 994 g/mol. The number of amides is 9. The van der Waals surface area contributed by atoms with Crippen LogP contribution in [0.15, 0.2) is 0 Å². The molecule has 0 radical (unpaired) electrons. The highest BCUT2D eigenvalue weighted by molar-refractivity contribution is 5.93. The minimum absolute atomic E-state index is 0.0317. The lowest BCUT2D eigenvalue weighted by Gasteiger charge is -2.48. The van der Waals surface area contributed by atoms with Crippen molar-refractivity contribution in [3.05, 3.63) is 0 Å². The van der Waals surface area contributed by atoms with E-state index in [9.17, 15) is 73.5 Å². The smallest absolute Gasteiger partial charge is 0.322 e. The third kappa shape index (κ3) is 19.3. The summed E-state index contributed by atoms with van der Waals surface area (Å²) in [5.41, 5.74) is 16.0. The summed E-state index contributed by atoms with van der Waals surface area (Å²) < 4.78 is 23.2. The highest BCUT2D eigenvalue weighted by Gasteiger charge is 2.53. The third-order valence-electron chi connectivity index (χ3n) is 10.6. The topological polar surface area (TPSA) is 491 Å². The lowest BCUT2D eigenvalue weighted by atomic mass is 9.94. The summed E-state index contributed by atoms with van der Waals surface area (Å²) in [6, 6.07) is -8.45. The van der Waals surface area contributed by atoms with E-state index < -0.39 is 183 Å². The number of aliphatic hydroxyl groups excluding tert-OH is 5. The molecule has 2 saturated heterocycles. The number of hydrogen-bond acceptors (Lipinski definition) is 20. The first-order valence-corrected chi connectivity index (χ1v) is 21.7. The Morgan fingerprint density at radius 2 is 1.30 bits per heavy atom. The van der Waals surface area contributed by atoms with Gasteiger partial charge in [-0.1, -0.05) is 0 Å². The van der Waals surface area contributed by atoms with Gasteiger partial charge >= 0.3 is 5.97 Å². The van der Waals surface area contributed by atoms with Crippen LogP contribution in [0.3, 0.4) is 0 Å². The first-order valence-electron chi connectivity index (χ1n) is 21.7. The fraction of sp³-hybridized carbons (Fsp3) is 0.744. The molecular formula is C39H66N10O20. The van der Waals surface area contributed by atoms with Gasteiger partial charge in [0, 0.05) is 26.8 Å². The van der Waals surface area contributed by atoms with Gasteiger partial charge in [-0.15, -0.1) is 0 Å². The molecule has 9 amide bonds. The van der Waals surface area contributed by atoms with Gasteiger partial charge in [0.15, 0.2) is 12.6 Å². The van der Waals surface area contributed by atoms with Gasteiger partial charge in [0.2, 0.25) is 53.2 Å². The van der Waals surface area contributed by atoms with Crippen molar-refractivity contribution in [2.75, 3.05) is 26.3 Å². The first kappa shape index (κ1) is 59.4. The molecule has 0 aromatic carbocycles. The SMILES string of the molecule is CC(=O)NC1C(OC2C(CO)OC(O)C(NC(C)=O)C2OC(C)C(=O)NC(C)C(=O)NC(CCC(=O)NC(CCCCNC(=O)CC(N)C(N)=O)C(=O)NCC(=O)O)C(N)=O)OC(CO)C(O)C1O. The van der Waals surface area contributed by atoms with E-state index in [0.717, 1.165) is 13.8 Å². The van der Waals surface area contributed by atoms with E-state index in [4.69, 9.17) is 41.3 Å². The van der Waals surface area contributed by atoms with Gasteiger partial charge in [0.1, 0.15) is 79.5 Å². The summed E-state index contributed by atoms with van der Waals surface area (Å²) in [6.07, 6.45) is -15.7. The standard InChI is InChI=1S/C39H66N10O20/c1-15(35(62)49-20(34(42)61)8-9-24(54)48-21(37(64)44-12-26(56)57)7-5-6-10-43-25(55)11-19(40)33(41)60)45-36(63)16(2)66-32-28(47-18(4)53)38(65)67-23(14-51)31(32)69-39-27(46-17(3)52)30(59)29(58)22(13-50)68-39/h15-16,19-23,27-32,38-39,50-51,58-59,65H,5-14,40H2,1-4H3,(H2,41,60)(H2,42,61)(H,43,55)(H,44,64)(H,45,63)(H,46,52)(H,47,53)(H,48,54)(H,49,62)(H,56,57). The van der Waals surface area contributed by atoms with Crippen LogP contribution in [0.25, 0.3) is 0 Å². The summed E-state index contributed by atoms with van der Waals surface area (Å²) in [4.78, 5) is 123. The van der Waals surface area contributed by atoms with Crippen LogP contribution in [0.2, 0.25) is 0 Å². The second kappa shape index (κ2) is 28.7. The maximum absolute atomic E-state index is 13.5. The summed E-state index contributed by atoms with van der Waals surface area (Å²) in [5, 5.41) is 77.7. The van der Waals surface area contributed by atoms with E-state index in [1.165, 1.54) is 13.8 Å². The van der Waals surface area contributed by atoms with Crippen molar-refractivity contribution < 1.29 is 97.5 Å². The molecule has 0 saturated carbocycles. The quantitative estimate of drug-likeness (QED) is 0.0324. The summed E-state index contributed by atoms with van der Waals surface area (Å²) in [5.74, 6) is -8.96. The molecule has 0 aromatic rings. The van der Waals surface area contributed by atoms with Gasteiger partial charge in [0.05, 0.1) is 25.7 Å².